The first-order valence-corrected chi connectivity index (χ1v) is 10.5. The van der Waals surface area contributed by atoms with E-state index in [4.69, 9.17) is 9.97 Å². The average Bonchev–Trinajstić information content (AvgIpc) is 3.58. The molecule has 0 radical (unpaired) electrons. The molecule has 0 unspecified atom stereocenters. The minimum atomic E-state index is 0.0249. The lowest BCUT2D eigenvalue weighted by molar-refractivity contribution is -0.117. The number of aromatic nitrogens is 3. The molecule has 2 aromatic carbocycles. The van der Waals surface area contributed by atoms with E-state index in [1.807, 2.05) is 39.8 Å². The third kappa shape index (κ3) is 3.28. The molecule has 0 aliphatic heterocycles. The van der Waals surface area contributed by atoms with Gasteiger partial charge in [-0.2, -0.15) is 0 Å². The van der Waals surface area contributed by atoms with E-state index in [-0.39, 0.29) is 17.6 Å². The van der Waals surface area contributed by atoms with E-state index in [0.717, 1.165) is 68.3 Å². The van der Waals surface area contributed by atoms with Crippen molar-refractivity contribution in [2.45, 2.75) is 40.5 Å². The smallest absolute Gasteiger partial charge is 0.228 e. The van der Waals surface area contributed by atoms with Crippen LogP contribution in [0.25, 0.3) is 32.9 Å². The van der Waals surface area contributed by atoms with Crippen LogP contribution in [0, 0.1) is 33.6 Å². The molecule has 6 nitrogen and oxygen atoms in total. The number of aryl methyl sites for hydroxylation is 3. The van der Waals surface area contributed by atoms with Gasteiger partial charge in [0, 0.05) is 28.5 Å². The van der Waals surface area contributed by atoms with Crippen LogP contribution in [0.1, 0.15) is 35.4 Å². The molecule has 2 N–H and O–H groups in total. The van der Waals surface area contributed by atoms with Crippen LogP contribution in [0.5, 0.6) is 5.75 Å². The molecule has 156 valence electrons. The second-order valence-electron chi connectivity index (χ2n) is 8.47. The second kappa shape index (κ2) is 7.01. The number of pyridine rings is 1. The minimum absolute atomic E-state index is 0.0249. The molecule has 1 aliphatic carbocycles. The molecule has 2 aromatic heterocycles. The zero-order valence-electron chi connectivity index (χ0n) is 18.1. The molecule has 0 spiro atoms. The summed E-state index contributed by atoms with van der Waals surface area (Å²) >= 11 is 0. The first-order chi connectivity index (χ1) is 14.8. The molecular weight excluding hydrogens is 388 g/mol. The Morgan fingerprint density at radius 2 is 1.74 bits per heavy atom. The number of hydrogen-bond acceptors (Lipinski definition) is 5. The number of phenolic OH excluding ortho intramolecular Hbond substituents is 1. The number of amides is 1. The van der Waals surface area contributed by atoms with Gasteiger partial charge in [0.15, 0.2) is 0 Å². The fourth-order valence-electron chi connectivity index (χ4n) is 4.07. The topological polar surface area (TPSA) is 88.0 Å². The highest BCUT2D eigenvalue weighted by Crippen LogP contribution is 2.39. The minimum Gasteiger partial charge on any atom is -0.508 e. The number of phenols is 1. The molecule has 1 fully saturated rings. The molecule has 0 saturated heterocycles. The number of hydrogen-bond donors (Lipinski definition) is 2. The van der Waals surface area contributed by atoms with Crippen LogP contribution in [-0.4, -0.2) is 26.0 Å². The maximum absolute atomic E-state index is 12.2. The van der Waals surface area contributed by atoms with Gasteiger partial charge in [-0.15, -0.1) is 0 Å². The lowest BCUT2D eigenvalue weighted by atomic mass is 9.92. The number of nitrogens with one attached hydrogen (secondary N) is 1. The van der Waals surface area contributed by atoms with E-state index in [0.29, 0.717) is 5.82 Å². The summed E-state index contributed by atoms with van der Waals surface area (Å²) in [5.74, 6) is 0.917. The Morgan fingerprint density at radius 1 is 1.03 bits per heavy atom. The van der Waals surface area contributed by atoms with Gasteiger partial charge in [-0.3, -0.25) is 4.79 Å². The number of carbonyl (C=O) groups is 1. The van der Waals surface area contributed by atoms with Crippen molar-refractivity contribution in [3.8, 4) is 16.9 Å². The van der Waals surface area contributed by atoms with Crippen molar-refractivity contribution in [3.63, 3.8) is 0 Å². The van der Waals surface area contributed by atoms with Crippen LogP contribution in [-0.2, 0) is 4.79 Å². The van der Waals surface area contributed by atoms with Gasteiger partial charge in [-0.1, -0.05) is 6.07 Å². The zero-order valence-corrected chi connectivity index (χ0v) is 18.1. The standard InChI is InChI=1S/C25H24N4O2/c1-12-5-8-20(30)13(2)22(12)19-9-17-11-26-21(29-25(31)16-6-7-16)10-18(17)23-24(19)28-15(4)14(3)27-23/h5,8-11,16,30H,6-7H2,1-4H3,(H,26,29,31). The van der Waals surface area contributed by atoms with Crippen molar-refractivity contribution >= 4 is 33.5 Å². The molecular formula is C25H24N4O2. The van der Waals surface area contributed by atoms with Gasteiger partial charge >= 0.3 is 0 Å². The molecule has 0 bridgehead atoms. The Kier molecular flexibility index (Phi) is 4.39. The van der Waals surface area contributed by atoms with E-state index < -0.39 is 0 Å². The fraction of sp³-hybridized carbons (Fsp3) is 0.280. The number of carbonyl (C=O) groups excluding carboxylic acids is 1. The van der Waals surface area contributed by atoms with Gasteiger partial charge in [-0.25, -0.2) is 15.0 Å². The van der Waals surface area contributed by atoms with Gasteiger partial charge in [0.1, 0.15) is 11.6 Å². The Hall–Kier alpha value is -3.54. The van der Waals surface area contributed by atoms with E-state index in [9.17, 15) is 9.90 Å². The summed E-state index contributed by atoms with van der Waals surface area (Å²) in [4.78, 5) is 26.5. The quantitative estimate of drug-likeness (QED) is 0.455. The molecule has 5 rings (SSSR count). The molecule has 6 heteroatoms. The van der Waals surface area contributed by atoms with Crippen LogP contribution in [0.3, 0.4) is 0 Å². The Balaban J connectivity index is 1.80. The number of rotatable bonds is 3. The van der Waals surface area contributed by atoms with Crippen molar-refractivity contribution in [1.29, 1.82) is 0 Å². The van der Waals surface area contributed by atoms with Crippen LogP contribution >= 0.6 is 0 Å². The van der Waals surface area contributed by atoms with Crippen LogP contribution in [0.15, 0.2) is 30.5 Å². The Labute approximate surface area is 180 Å². The van der Waals surface area contributed by atoms with Crippen molar-refractivity contribution in [2.24, 2.45) is 5.92 Å². The van der Waals surface area contributed by atoms with Crippen molar-refractivity contribution < 1.29 is 9.90 Å². The summed E-state index contributed by atoms with van der Waals surface area (Å²) in [6.07, 6.45) is 3.65. The number of aromatic hydroxyl groups is 1. The van der Waals surface area contributed by atoms with Crippen molar-refractivity contribution in [2.75, 3.05) is 5.32 Å². The number of anilines is 1. The van der Waals surface area contributed by atoms with Crippen LogP contribution < -0.4 is 5.32 Å². The van der Waals surface area contributed by atoms with E-state index >= 15 is 0 Å². The van der Waals surface area contributed by atoms with Crippen LogP contribution in [0.4, 0.5) is 5.82 Å². The SMILES string of the molecule is Cc1ccc(O)c(C)c1-c1cc2cnc(NC(=O)C3CC3)cc2c2nc(C)c(C)nc12. The van der Waals surface area contributed by atoms with Gasteiger partial charge in [-0.05, 0) is 75.4 Å². The lowest BCUT2D eigenvalue weighted by Crippen LogP contribution is -2.14. The summed E-state index contributed by atoms with van der Waals surface area (Å²) in [5.41, 5.74) is 6.99. The Morgan fingerprint density at radius 3 is 2.45 bits per heavy atom. The second-order valence-corrected chi connectivity index (χ2v) is 8.47. The molecule has 0 atom stereocenters. The maximum Gasteiger partial charge on any atom is 0.228 e. The molecule has 2 heterocycles. The van der Waals surface area contributed by atoms with Gasteiger partial charge in [0.05, 0.1) is 22.4 Å². The largest absolute Gasteiger partial charge is 0.508 e. The van der Waals surface area contributed by atoms with E-state index in [2.05, 4.69) is 16.4 Å². The lowest BCUT2D eigenvalue weighted by Gasteiger charge is -2.16. The first-order valence-electron chi connectivity index (χ1n) is 10.5. The number of nitrogens with zero attached hydrogens (tertiary/aromatic N) is 3. The van der Waals surface area contributed by atoms with Gasteiger partial charge in [0.25, 0.3) is 0 Å². The van der Waals surface area contributed by atoms with Crippen molar-refractivity contribution in [3.05, 3.63) is 53.0 Å². The predicted molar refractivity (Wildman–Crippen MR) is 122 cm³/mol. The van der Waals surface area contributed by atoms with Gasteiger partial charge < -0.3 is 10.4 Å². The summed E-state index contributed by atoms with van der Waals surface area (Å²) in [5, 5.41) is 15.1. The third-order valence-electron chi connectivity index (χ3n) is 6.17. The molecule has 1 saturated carbocycles. The summed E-state index contributed by atoms with van der Waals surface area (Å²) in [6, 6.07) is 7.56. The maximum atomic E-state index is 12.2. The first kappa shape index (κ1) is 19.4. The van der Waals surface area contributed by atoms with Gasteiger partial charge in [0.2, 0.25) is 5.91 Å². The van der Waals surface area contributed by atoms with E-state index in [1.165, 1.54) is 0 Å². The summed E-state index contributed by atoms with van der Waals surface area (Å²) < 4.78 is 0. The zero-order chi connectivity index (χ0) is 21.9. The van der Waals surface area contributed by atoms with E-state index in [1.54, 1.807) is 12.3 Å². The molecule has 4 aromatic rings. The predicted octanol–water partition coefficient (Wildman–Crippen LogP) is 5.13. The monoisotopic (exact) mass is 412 g/mol. The molecule has 1 amide bonds. The summed E-state index contributed by atoms with van der Waals surface area (Å²) in [6.45, 7) is 7.84. The Bertz CT molecular complexity index is 1390. The third-order valence-corrected chi connectivity index (χ3v) is 6.17. The highest BCUT2D eigenvalue weighted by molar-refractivity contribution is 6.12. The van der Waals surface area contributed by atoms with Crippen LogP contribution in [0.2, 0.25) is 0 Å². The van der Waals surface area contributed by atoms with Crippen molar-refractivity contribution in [1.82, 2.24) is 15.0 Å². The fourth-order valence-corrected chi connectivity index (χ4v) is 4.07. The normalized spacial score (nSPS) is 13.7. The summed E-state index contributed by atoms with van der Waals surface area (Å²) in [7, 11) is 0. The number of benzene rings is 2. The molecule has 31 heavy (non-hydrogen) atoms. The highest BCUT2D eigenvalue weighted by atomic mass is 16.3. The molecule has 1 aliphatic rings. The number of fused-ring (bicyclic) bond motifs is 3. The highest BCUT2D eigenvalue weighted by Gasteiger charge is 2.30. The average molecular weight is 412 g/mol.